The van der Waals surface area contributed by atoms with Crippen molar-refractivity contribution in [2.75, 3.05) is 26.2 Å². The lowest BCUT2D eigenvalue weighted by molar-refractivity contribution is 0.301. The molecule has 1 aliphatic rings. The third kappa shape index (κ3) is 5.43. The van der Waals surface area contributed by atoms with E-state index < -0.39 is 0 Å². The van der Waals surface area contributed by atoms with E-state index in [0.717, 1.165) is 47.5 Å². The number of aromatic nitrogens is 1. The number of hydrogen-bond donors (Lipinski definition) is 1. The largest absolute Gasteiger partial charge is 0.489 e. The maximum absolute atomic E-state index is 6.18. The van der Waals surface area contributed by atoms with E-state index in [1.54, 1.807) is 6.20 Å². The molecule has 0 amide bonds. The quantitative estimate of drug-likeness (QED) is 0.779. The van der Waals surface area contributed by atoms with Crippen LogP contribution in [0.25, 0.3) is 0 Å². The van der Waals surface area contributed by atoms with Gasteiger partial charge in [-0.1, -0.05) is 24.6 Å². The SMILES string of the molecule is CCN1CCC(CNCc2cc(Cl)ccc2OCc2cccnc2)C1. The molecule has 0 radical (unpaired) electrons. The van der Waals surface area contributed by atoms with Crippen molar-refractivity contribution in [3.63, 3.8) is 0 Å². The van der Waals surface area contributed by atoms with Gasteiger partial charge in [0.25, 0.3) is 0 Å². The molecule has 1 unspecified atom stereocenters. The Labute approximate surface area is 155 Å². The van der Waals surface area contributed by atoms with Crippen LogP contribution in [0.3, 0.4) is 0 Å². The van der Waals surface area contributed by atoms with Crippen LogP contribution in [0.15, 0.2) is 42.7 Å². The first-order valence-electron chi connectivity index (χ1n) is 8.97. The monoisotopic (exact) mass is 359 g/mol. The molecule has 1 saturated heterocycles. The maximum atomic E-state index is 6.18. The van der Waals surface area contributed by atoms with E-state index in [1.807, 2.05) is 36.5 Å². The number of benzene rings is 1. The van der Waals surface area contributed by atoms with E-state index in [0.29, 0.717) is 6.61 Å². The molecular weight excluding hydrogens is 334 g/mol. The lowest BCUT2D eigenvalue weighted by Crippen LogP contribution is -2.26. The molecule has 1 aromatic carbocycles. The van der Waals surface area contributed by atoms with Crippen molar-refractivity contribution < 1.29 is 4.74 Å². The Hall–Kier alpha value is -1.62. The first-order valence-corrected chi connectivity index (χ1v) is 9.35. The Morgan fingerprint density at radius 3 is 3.04 bits per heavy atom. The molecule has 1 fully saturated rings. The van der Waals surface area contributed by atoms with Gasteiger partial charge >= 0.3 is 0 Å². The predicted molar refractivity (Wildman–Crippen MR) is 102 cm³/mol. The fourth-order valence-corrected chi connectivity index (χ4v) is 3.44. The van der Waals surface area contributed by atoms with Crippen LogP contribution in [-0.4, -0.2) is 36.1 Å². The number of nitrogens with one attached hydrogen (secondary N) is 1. The third-order valence-electron chi connectivity index (χ3n) is 4.71. The fourth-order valence-electron chi connectivity index (χ4n) is 3.25. The number of likely N-dealkylation sites (tertiary alicyclic amines) is 1. The van der Waals surface area contributed by atoms with E-state index in [-0.39, 0.29) is 0 Å². The number of nitrogens with zero attached hydrogens (tertiary/aromatic N) is 2. The lowest BCUT2D eigenvalue weighted by atomic mass is 10.1. The van der Waals surface area contributed by atoms with Crippen LogP contribution in [0.1, 0.15) is 24.5 Å². The van der Waals surface area contributed by atoms with Crippen LogP contribution in [0, 0.1) is 5.92 Å². The first kappa shape index (κ1) is 18.2. The highest BCUT2D eigenvalue weighted by atomic mass is 35.5. The van der Waals surface area contributed by atoms with E-state index in [1.165, 1.54) is 19.5 Å². The molecule has 1 aliphatic heterocycles. The summed E-state index contributed by atoms with van der Waals surface area (Å²) < 4.78 is 5.99. The smallest absolute Gasteiger partial charge is 0.124 e. The Morgan fingerprint density at radius 2 is 2.28 bits per heavy atom. The number of ether oxygens (including phenoxy) is 1. The second-order valence-electron chi connectivity index (χ2n) is 6.58. The molecule has 0 bridgehead atoms. The molecule has 2 heterocycles. The van der Waals surface area contributed by atoms with Crippen LogP contribution >= 0.6 is 11.6 Å². The van der Waals surface area contributed by atoms with E-state index in [9.17, 15) is 0 Å². The van der Waals surface area contributed by atoms with Crippen molar-refractivity contribution in [1.82, 2.24) is 15.2 Å². The zero-order valence-electron chi connectivity index (χ0n) is 14.7. The molecule has 134 valence electrons. The Morgan fingerprint density at radius 1 is 1.36 bits per heavy atom. The summed E-state index contributed by atoms with van der Waals surface area (Å²) in [6.07, 6.45) is 4.87. The minimum absolute atomic E-state index is 0.510. The summed E-state index contributed by atoms with van der Waals surface area (Å²) in [4.78, 5) is 6.63. The van der Waals surface area contributed by atoms with Gasteiger partial charge in [0.1, 0.15) is 12.4 Å². The van der Waals surface area contributed by atoms with Gasteiger partial charge in [-0.25, -0.2) is 0 Å². The topological polar surface area (TPSA) is 37.4 Å². The van der Waals surface area contributed by atoms with Crippen molar-refractivity contribution in [3.8, 4) is 5.75 Å². The van der Waals surface area contributed by atoms with Gasteiger partial charge in [-0.15, -0.1) is 0 Å². The fraction of sp³-hybridized carbons (Fsp3) is 0.450. The minimum atomic E-state index is 0.510. The van der Waals surface area contributed by atoms with Crippen LogP contribution in [0.2, 0.25) is 5.02 Å². The summed E-state index contributed by atoms with van der Waals surface area (Å²) in [6.45, 7) is 8.11. The highest BCUT2D eigenvalue weighted by Gasteiger charge is 2.20. The Balaban J connectivity index is 1.54. The van der Waals surface area contributed by atoms with Crippen LogP contribution in [0.4, 0.5) is 0 Å². The molecular formula is C20H26ClN3O. The summed E-state index contributed by atoms with van der Waals surface area (Å²) in [7, 11) is 0. The molecule has 2 aromatic rings. The highest BCUT2D eigenvalue weighted by molar-refractivity contribution is 6.30. The minimum Gasteiger partial charge on any atom is -0.489 e. The summed E-state index contributed by atoms with van der Waals surface area (Å²) in [5.41, 5.74) is 2.16. The zero-order valence-corrected chi connectivity index (χ0v) is 15.5. The van der Waals surface area contributed by atoms with Gasteiger partial charge < -0.3 is 15.0 Å². The lowest BCUT2D eigenvalue weighted by Gasteiger charge is -2.15. The number of pyridine rings is 1. The molecule has 5 heteroatoms. The summed E-state index contributed by atoms with van der Waals surface area (Å²) in [5.74, 6) is 1.61. The summed E-state index contributed by atoms with van der Waals surface area (Å²) >= 11 is 6.18. The molecule has 3 rings (SSSR count). The second kappa shape index (κ2) is 9.18. The first-order chi connectivity index (χ1) is 12.2. The van der Waals surface area contributed by atoms with Crippen molar-refractivity contribution in [1.29, 1.82) is 0 Å². The van der Waals surface area contributed by atoms with Gasteiger partial charge in [-0.2, -0.15) is 0 Å². The third-order valence-corrected chi connectivity index (χ3v) is 4.94. The molecule has 4 nitrogen and oxygen atoms in total. The van der Waals surface area contributed by atoms with Crippen LogP contribution < -0.4 is 10.1 Å². The molecule has 25 heavy (non-hydrogen) atoms. The van der Waals surface area contributed by atoms with E-state index in [2.05, 4.69) is 22.1 Å². The average Bonchev–Trinajstić information content (AvgIpc) is 3.10. The van der Waals surface area contributed by atoms with Gasteiger partial charge in [-0.05, 0) is 56.2 Å². The normalized spacial score (nSPS) is 17.8. The maximum Gasteiger partial charge on any atom is 0.124 e. The van der Waals surface area contributed by atoms with Gasteiger partial charge in [-0.3, -0.25) is 4.98 Å². The standard InChI is InChI=1S/C20H26ClN3O/c1-2-24-9-7-16(14-24)11-23-13-18-10-19(21)5-6-20(18)25-15-17-4-3-8-22-12-17/h3-6,8,10,12,16,23H,2,7,9,11,13-15H2,1H3. The molecule has 1 N–H and O–H groups in total. The second-order valence-corrected chi connectivity index (χ2v) is 7.02. The van der Waals surface area contributed by atoms with Crippen molar-refractivity contribution in [3.05, 3.63) is 58.9 Å². The Kier molecular flexibility index (Phi) is 6.68. The molecule has 1 aromatic heterocycles. The van der Waals surface area contributed by atoms with Crippen LogP contribution in [-0.2, 0) is 13.2 Å². The number of hydrogen-bond acceptors (Lipinski definition) is 4. The van der Waals surface area contributed by atoms with E-state index >= 15 is 0 Å². The molecule has 0 spiro atoms. The van der Waals surface area contributed by atoms with Gasteiger partial charge in [0.2, 0.25) is 0 Å². The molecule has 0 aliphatic carbocycles. The number of rotatable bonds is 8. The number of halogens is 1. The average molecular weight is 360 g/mol. The summed E-state index contributed by atoms with van der Waals surface area (Å²) in [6, 6.07) is 9.74. The van der Waals surface area contributed by atoms with E-state index in [4.69, 9.17) is 16.3 Å². The van der Waals surface area contributed by atoms with Gasteiger partial charge in [0.15, 0.2) is 0 Å². The van der Waals surface area contributed by atoms with Crippen molar-refractivity contribution in [2.24, 2.45) is 5.92 Å². The zero-order chi connectivity index (χ0) is 17.5. The summed E-state index contributed by atoms with van der Waals surface area (Å²) in [5, 5.41) is 4.32. The highest BCUT2D eigenvalue weighted by Crippen LogP contribution is 2.24. The van der Waals surface area contributed by atoms with Crippen molar-refractivity contribution >= 4 is 11.6 Å². The Bertz CT molecular complexity index is 665. The van der Waals surface area contributed by atoms with Crippen molar-refractivity contribution in [2.45, 2.75) is 26.5 Å². The van der Waals surface area contributed by atoms with Gasteiger partial charge in [0, 0.05) is 41.6 Å². The van der Waals surface area contributed by atoms with Gasteiger partial charge in [0.05, 0.1) is 0 Å². The molecule has 0 saturated carbocycles. The molecule has 1 atom stereocenters. The predicted octanol–water partition coefficient (Wildman–Crippen LogP) is 3.75. The van der Waals surface area contributed by atoms with Crippen LogP contribution in [0.5, 0.6) is 5.75 Å².